The lowest BCUT2D eigenvalue weighted by molar-refractivity contribution is -0.135. The van der Waals surface area contributed by atoms with E-state index in [1.54, 1.807) is 25.1 Å². The Bertz CT molecular complexity index is 362. The largest absolute Gasteiger partial charge is 0.344 e. The molecule has 0 saturated carbocycles. The molecule has 0 aliphatic rings. The van der Waals surface area contributed by atoms with Crippen LogP contribution < -0.4 is 5.73 Å². The van der Waals surface area contributed by atoms with E-state index in [9.17, 15) is 4.79 Å². The maximum atomic E-state index is 12.0. The van der Waals surface area contributed by atoms with E-state index in [1.807, 2.05) is 25.1 Å². The van der Waals surface area contributed by atoms with Gasteiger partial charge in [0.1, 0.15) is 0 Å². The van der Waals surface area contributed by atoms with E-state index in [-0.39, 0.29) is 5.91 Å². The summed E-state index contributed by atoms with van der Waals surface area (Å²) in [5.74, 6) is -0.0177. The number of nitrogens with two attached hydrogens (primary N) is 1. The Kier molecular flexibility index (Phi) is 4.63. The number of rotatable bonds is 5. The van der Waals surface area contributed by atoms with Gasteiger partial charge in [0.05, 0.1) is 5.54 Å². The maximum absolute atomic E-state index is 12.0. The van der Waals surface area contributed by atoms with Crippen LogP contribution in [-0.4, -0.2) is 34.9 Å². The molecule has 0 fully saturated rings. The van der Waals surface area contributed by atoms with Crippen LogP contribution in [0.2, 0.25) is 0 Å². The molecule has 1 atom stereocenters. The monoisotopic (exact) mass is 235 g/mol. The van der Waals surface area contributed by atoms with Crippen LogP contribution in [0.25, 0.3) is 0 Å². The first-order chi connectivity index (χ1) is 7.97. The van der Waals surface area contributed by atoms with Crippen molar-refractivity contribution in [2.75, 3.05) is 13.6 Å². The zero-order chi connectivity index (χ0) is 12.9. The van der Waals surface area contributed by atoms with Crippen LogP contribution >= 0.6 is 0 Å². The minimum Gasteiger partial charge on any atom is -0.344 e. The lowest BCUT2D eigenvalue weighted by Crippen LogP contribution is -2.52. The summed E-state index contributed by atoms with van der Waals surface area (Å²) < 4.78 is 0. The second-order valence-electron chi connectivity index (χ2n) is 4.57. The van der Waals surface area contributed by atoms with Crippen molar-refractivity contribution in [2.45, 2.75) is 32.2 Å². The van der Waals surface area contributed by atoms with Crippen LogP contribution in [0.3, 0.4) is 0 Å². The smallest absolute Gasteiger partial charge is 0.242 e. The molecule has 1 aromatic heterocycles. The summed E-state index contributed by atoms with van der Waals surface area (Å²) in [4.78, 5) is 17.9. The van der Waals surface area contributed by atoms with Gasteiger partial charge in [-0.3, -0.25) is 9.78 Å². The number of hydrogen-bond donors (Lipinski definition) is 1. The molecular weight excluding hydrogens is 214 g/mol. The first-order valence-electron chi connectivity index (χ1n) is 5.91. The molecule has 0 bridgehead atoms. The molecule has 1 heterocycles. The van der Waals surface area contributed by atoms with Gasteiger partial charge in [-0.05, 0) is 25.5 Å². The molecule has 0 radical (unpaired) electrons. The molecule has 2 N–H and O–H groups in total. The highest BCUT2D eigenvalue weighted by atomic mass is 16.2. The minimum atomic E-state index is -0.765. The Morgan fingerprint density at radius 3 is 2.76 bits per heavy atom. The number of amides is 1. The van der Waals surface area contributed by atoms with Gasteiger partial charge in [-0.1, -0.05) is 13.0 Å². The first kappa shape index (κ1) is 13.6. The van der Waals surface area contributed by atoms with Crippen molar-refractivity contribution in [3.8, 4) is 0 Å². The van der Waals surface area contributed by atoms with Gasteiger partial charge in [0.2, 0.25) is 5.91 Å². The number of carbonyl (C=O) groups is 1. The van der Waals surface area contributed by atoms with Gasteiger partial charge in [0.15, 0.2) is 0 Å². The maximum Gasteiger partial charge on any atom is 0.242 e. The van der Waals surface area contributed by atoms with Gasteiger partial charge < -0.3 is 10.6 Å². The van der Waals surface area contributed by atoms with Crippen LogP contribution in [-0.2, 0) is 11.2 Å². The molecule has 1 unspecified atom stereocenters. The Hall–Kier alpha value is -1.42. The number of aromatic nitrogens is 1. The summed E-state index contributed by atoms with van der Waals surface area (Å²) in [6, 6.07) is 5.79. The fraction of sp³-hybridized carbons (Fsp3) is 0.538. The van der Waals surface area contributed by atoms with E-state index in [4.69, 9.17) is 5.73 Å². The summed E-state index contributed by atoms with van der Waals surface area (Å²) >= 11 is 0. The number of nitrogens with zero attached hydrogens (tertiary/aromatic N) is 2. The van der Waals surface area contributed by atoms with Gasteiger partial charge in [-0.25, -0.2) is 0 Å². The van der Waals surface area contributed by atoms with Crippen molar-refractivity contribution in [3.63, 3.8) is 0 Å². The Labute approximate surface area is 103 Å². The van der Waals surface area contributed by atoms with Gasteiger partial charge in [0, 0.05) is 31.9 Å². The van der Waals surface area contributed by atoms with Gasteiger partial charge in [-0.15, -0.1) is 0 Å². The van der Waals surface area contributed by atoms with Crippen LogP contribution in [0.15, 0.2) is 24.4 Å². The summed E-state index contributed by atoms with van der Waals surface area (Å²) in [6.45, 7) is 4.33. The van der Waals surface area contributed by atoms with Crippen molar-refractivity contribution in [1.82, 2.24) is 9.88 Å². The molecule has 0 aromatic carbocycles. The lowest BCUT2D eigenvalue weighted by atomic mass is 9.99. The number of carbonyl (C=O) groups excluding carboxylic acids is 1. The Morgan fingerprint density at radius 2 is 2.24 bits per heavy atom. The molecule has 0 aliphatic heterocycles. The molecule has 4 nitrogen and oxygen atoms in total. The van der Waals surface area contributed by atoms with Crippen LogP contribution in [0.5, 0.6) is 0 Å². The first-order valence-corrected chi connectivity index (χ1v) is 5.91. The number of likely N-dealkylation sites (N-methyl/N-ethyl adjacent to an activating group) is 1. The molecule has 1 amide bonds. The van der Waals surface area contributed by atoms with E-state index < -0.39 is 5.54 Å². The second kappa shape index (κ2) is 5.77. The topological polar surface area (TPSA) is 59.2 Å². The Morgan fingerprint density at radius 1 is 1.53 bits per heavy atom. The summed E-state index contributed by atoms with van der Waals surface area (Å²) in [6.07, 6.45) is 3.15. The average molecular weight is 235 g/mol. The quantitative estimate of drug-likeness (QED) is 0.834. The van der Waals surface area contributed by atoms with E-state index >= 15 is 0 Å². The highest BCUT2D eigenvalue weighted by molar-refractivity contribution is 5.85. The minimum absolute atomic E-state index is 0.0177. The molecule has 1 rings (SSSR count). The van der Waals surface area contributed by atoms with Crippen molar-refractivity contribution in [1.29, 1.82) is 0 Å². The van der Waals surface area contributed by atoms with Crippen molar-refractivity contribution in [2.24, 2.45) is 5.73 Å². The third-order valence-electron chi connectivity index (χ3n) is 3.00. The van der Waals surface area contributed by atoms with Crippen molar-refractivity contribution >= 4 is 5.91 Å². The zero-order valence-corrected chi connectivity index (χ0v) is 10.8. The molecule has 4 heteroatoms. The van der Waals surface area contributed by atoms with E-state index in [2.05, 4.69) is 4.98 Å². The van der Waals surface area contributed by atoms with Crippen molar-refractivity contribution < 1.29 is 4.79 Å². The Balaban J connectivity index is 2.50. The molecule has 94 valence electrons. The van der Waals surface area contributed by atoms with Crippen LogP contribution in [0.1, 0.15) is 26.0 Å². The number of pyridine rings is 1. The fourth-order valence-electron chi connectivity index (χ4n) is 1.52. The van der Waals surface area contributed by atoms with Crippen LogP contribution in [0, 0.1) is 0 Å². The summed E-state index contributed by atoms with van der Waals surface area (Å²) in [5.41, 5.74) is 6.15. The highest BCUT2D eigenvalue weighted by Crippen LogP contribution is 2.09. The molecular formula is C13H21N3O. The van der Waals surface area contributed by atoms with E-state index in [1.165, 1.54) is 0 Å². The van der Waals surface area contributed by atoms with Crippen molar-refractivity contribution in [3.05, 3.63) is 30.1 Å². The third-order valence-corrected chi connectivity index (χ3v) is 3.00. The van der Waals surface area contributed by atoms with Gasteiger partial charge >= 0.3 is 0 Å². The van der Waals surface area contributed by atoms with Gasteiger partial charge in [-0.2, -0.15) is 0 Å². The molecule has 0 spiro atoms. The van der Waals surface area contributed by atoms with Gasteiger partial charge in [0.25, 0.3) is 0 Å². The predicted octanol–water partition coefficient (Wildman–Crippen LogP) is 1.21. The third kappa shape index (κ3) is 3.82. The molecule has 0 saturated heterocycles. The predicted molar refractivity (Wildman–Crippen MR) is 68.5 cm³/mol. The van der Waals surface area contributed by atoms with E-state index in [0.717, 1.165) is 12.1 Å². The SMILES string of the molecule is CCC(C)(N)C(=O)N(C)CCc1ccccn1. The molecule has 0 aliphatic carbocycles. The van der Waals surface area contributed by atoms with E-state index in [0.29, 0.717) is 13.0 Å². The van der Waals surface area contributed by atoms with Crippen LogP contribution in [0.4, 0.5) is 0 Å². The average Bonchev–Trinajstić information content (AvgIpc) is 2.36. The standard InChI is InChI=1S/C13H21N3O/c1-4-13(2,14)12(17)16(3)10-8-11-7-5-6-9-15-11/h5-7,9H,4,8,10,14H2,1-3H3. The molecule has 1 aromatic rings. The normalized spacial score (nSPS) is 14.1. The fourth-order valence-corrected chi connectivity index (χ4v) is 1.52. The second-order valence-corrected chi connectivity index (χ2v) is 4.57. The lowest BCUT2D eigenvalue weighted by Gasteiger charge is -2.28. The zero-order valence-electron chi connectivity index (χ0n) is 10.8. The summed E-state index contributed by atoms with van der Waals surface area (Å²) in [5, 5.41) is 0. The molecule has 17 heavy (non-hydrogen) atoms. The highest BCUT2D eigenvalue weighted by Gasteiger charge is 2.28. The summed E-state index contributed by atoms with van der Waals surface area (Å²) in [7, 11) is 1.78. The number of hydrogen-bond acceptors (Lipinski definition) is 3.